The number of rotatable bonds is 2. The zero-order chi connectivity index (χ0) is 14.9. The minimum absolute atomic E-state index is 0.117. The van der Waals surface area contributed by atoms with Crippen LogP contribution in [-0.4, -0.2) is 10.1 Å². The van der Waals surface area contributed by atoms with E-state index in [2.05, 4.69) is 4.98 Å². The van der Waals surface area contributed by atoms with Crippen molar-refractivity contribution in [3.63, 3.8) is 0 Å². The average molecular weight is 286 g/mol. The SMILES string of the molecule is Nc1ccncc1C(O)c1cc(F)cc(C(F)(F)F)c1. The number of aromatic nitrogens is 1. The van der Waals surface area contributed by atoms with Crippen molar-refractivity contribution in [2.24, 2.45) is 0 Å². The first-order valence-electron chi connectivity index (χ1n) is 5.54. The van der Waals surface area contributed by atoms with Crippen LogP contribution in [0.25, 0.3) is 0 Å². The van der Waals surface area contributed by atoms with Gasteiger partial charge in [-0.25, -0.2) is 4.39 Å². The Bertz CT molecular complexity index is 628. The number of alkyl halides is 3. The molecule has 0 fully saturated rings. The molecule has 0 aliphatic carbocycles. The van der Waals surface area contributed by atoms with Gasteiger partial charge in [0.05, 0.1) is 5.56 Å². The van der Waals surface area contributed by atoms with E-state index >= 15 is 0 Å². The van der Waals surface area contributed by atoms with E-state index < -0.39 is 23.7 Å². The Kier molecular flexibility index (Phi) is 3.63. The van der Waals surface area contributed by atoms with E-state index in [1.54, 1.807) is 0 Å². The molecule has 1 aromatic heterocycles. The van der Waals surface area contributed by atoms with Crippen molar-refractivity contribution in [2.45, 2.75) is 12.3 Å². The Morgan fingerprint density at radius 3 is 2.50 bits per heavy atom. The smallest absolute Gasteiger partial charge is 0.398 e. The topological polar surface area (TPSA) is 59.1 Å². The van der Waals surface area contributed by atoms with E-state index in [1.807, 2.05) is 0 Å². The van der Waals surface area contributed by atoms with Crippen molar-refractivity contribution in [3.05, 3.63) is 59.2 Å². The van der Waals surface area contributed by atoms with Gasteiger partial charge in [0, 0.05) is 23.6 Å². The minimum Gasteiger partial charge on any atom is -0.398 e. The van der Waals surface area contributed by atoms with Gasteiger partial charge in [0.2, 0.25) is 0 Å². The summed E-state index contributed by atoms with van der Waals surface area (Å²) < 4.78 is 51.1. The third kappa shape index (κ3) is 2.88. The first-order valence-corrected chi connectivity index (χ1v) is 5.54. The average Bonchev–Trinajstić information content (AvgIpc) is 2.37. The van der Waals surface area contributed by atoms with Gasteiger partial charge in [-0.3, -0.25) is 4.98 Å². The maximum Gasteiger partial charge on any atom is 0.416 e. The summed E-state index contributed by atoms with van der Waals surface area (Å²) in [6.07, 6.45) is -3.59. The molecule has 2 rings (SSSR count). The molecule has 2 aromatic rings. The number of pyridine rings is 1. The van der Waals surface area contributed by atoms with Crippen LogP contribution in [0.2, 0.25) is 0 Å². The van der Waals surface area contributed by atoms with Crippen molar-refractivity contribution in [3.8, 4) is 0 Å². The summed E-state index contributed by atoms with van der Waals surface area (Å²) in [7, 11) is 0. The van der Waals surface area contributed by atoms with Crippen molar-refractivity contribution in [1.29, 1.82) is 0 Å². The van der Waals surface area contributed by atoms with Gasteiger partial charge >= 0.3 is 6.18 Å². The molecule has 20 heavy (non-hydrogen) atoms. The van der Waals surface area contributed by atoms with Crippen LogP contribution in [0.4, 0.5) is 23.2 Å². The first kappa shape index (κ1) is 14.3. The van der Waals surface area contributed by atoms with Crippen LogP contribution in [0.3, 0.4) is 0 Å². The molecule has 0 saturated heterocycles. The molecule has 1 heterocycles. The second-order valence-electron chi connectivity index (χ2n) is 4.18. The molecule has 0 amide bonds. The quantitative estimate of drug-likeness (QED) is 0.834. The van der Waals surface area contributed by atoms with Crippen molar-refractivity contribution in [1.82, 2.24) is 4.98 Å². The number of hydrogen-bond acceptors (Lipinski definition) is 3. The highest BCUT2D eigenvalue weighted by molar-refractivity contribution is 5.49. The van der Waals surface area contributed by atoms with Crippen LogP contribution in [0.15, 0.2) is 36.7 Å². The van der Waals surface area contributed by atoms with Crippen molar-refractivity contribution >= 4 is 5.69 Å². The van der Waals surface area contributed by atoms with Crippen molar-refractivity contribution in [2.75, 3.05) is 5.73 Å². The Labute approximate surface area is 111 Å². The van der Waals surface area contributed by atoms with E-state index in [0.29, 0.717) is 12.1 Å². The van der Waals surface area contributed by atoms with Gasteiger partial charge in [-0.05, 0) is 29.8 Å². The van der Waals surface area contributed by atoms with Gasteiger partial charge in [-0.15, -0.1) is 0 Å². The van der Waals surface area contributed by atoms with E-state index in [-0.39, 0.29) is 16.8 Å². The van der Waals surface area contributed by atoms with Gasteiger partial charge in [-0.1, -0.05) is 0 Å². The molecule has 1 aromatic carbocycles. The number of hydrogen-bond donors (Lipinski definition) is 2. The van der Waals surface area contributed by atoms with Crippen LogP contribution >= 0.6 is 0 Å². The molecule has 3 N–H and O–H groups in total. The highest BCUT2D eigenvalue weighted by atomic mass is 19.4. The lowest BCUT2D eigenvalue weighted by atomic mass is 9.99. The van der Waals surface area contributed by atoms with E-state index in [0.717, 1.165) is 6.07 Å². The highest BCUT2D eigenvalue weighted by Gasteiger charge is 2.32. The number of nitrogen functional groups attached to an aromatic ring is 1. The van der Waals surface area contributed by atoms with Gasteiger partial charge in [-0.2, -0.15) is 13.2 Å². The Balaban J connectivity index is 2.48. The summed E-state index contributed by atoms with van der Waals surface area (Å²) in [5.41, 5.74) is 4.47. The number of anilines is 1. The molecular formula is C13H10F4N2O. The largest absolute Gasteiger partial charge is 0.416 e. The predicted molar refractivity (Wildman–Crippen MR) is 64.1 cm³/mol. The molecule has 0 aliphatic rings. The molecule has 0 spiro atoms. The molecule has 1 atom stereocenters. The fourth-order valence-electron chi connectivity index (χ4n) is 1.76. The van der Waals surface area contributed by atoms with Gasteiger partial charge < -0.3 is 10.8 Å². The number of halogens is 4. The number of aliphatic hydroxyl groups excluding tert-OH is 1. The van der Waals surface area contributed by atoms with Crippen LogP contribution in [0.5, 0.6) is 0 Å². The van der Waals surface area contributed by atoms with Crippen LogP contribution < -0.4 is 5.73 Å². The minimum atomic E-state index is -4.70. The summed E-state index contributed by atoms with van der Waals surface area (Å²) in [6, 6.07) is 3.26. The summed E-state index contributed by atoms with van der Waals surface area (Å²) in [4.78, 5) is 3.73. The number of aliphatic hydroxyl groups is 1. The van der Waals surface area contributed by atoms with Crippen LogP contribution in [0, 0.1) is 5.82 Å². The van der Waals surface area contributed by atoms with E-state index in [1.165, 1.54) is 18.5 Å². The standard InChI is InChI=1S/C13H10F4N2O/c14-9-4-7(3-8(5-9)13(15,16)17)12(20)10-6-19-2-1-11(10)18/h1-6,12,20H,(H2,18,19). The zero-order valence-electron chi connectivity index (χ0n) is 10.0. The molecule has 0 radical (unpaired) electrons. The van der Waals surface area contributed by atoms with Gasteiger partial charge in [0.15, 0.2) is 0 Å². The predicted octanol–water partition coefficient (Wildman–Crippen LogP) is 2.90. The number of benzene rings is 1. The second kappa shape index (κ2) is 5.09. The monoisotopic (exact) mass is 286 g/mol. The van der Waals surface area contributed by atoms with Gasteiger partial charge in [0.1, 0.15) is 11.9 Å². The summed E-state index contributed by atoms with van der Waals surface area (Å²) >= 11 is 0. The number of nitrogens with two attached hydrogens (primary N) is 1. The lowest BCUT2D eigenvalue weighted by molar-refractivity contribution is -0.137. The maximum absolute atomic E-state index is 13.3. The molecule has 0 bridgehead atoms. The summed E-state index contributed by atoms with van der Waals surface area (Å²) in [5, 5.41) is 10.0. The zero-order valence-corrected chi connectivity index (χ0v) is 10.0. The highest BCUT2D eigenvalue weighted by Crippen LogP contribution is 2.33. The first-order chi connectivity index (χ1) is 9.29. The van der Waals surface area contributed by atoms with Crippen LogP contribution in [0.1, 0.15) is 22.8 Å². The van der Waals surface area contributed by atoms with E-state index in [4.69, 9.17) is 5.73 Å². The summed E-state index contributed by atoms with van der Waals surface area (Å²) in [5.74, 6) is -1.09. The molecule has 7 heteroatoms. The lowest BCUT2D eigenvalue weighted by Gasteiger charge is -2.15. The lowest BCUT2D eigenvalue weighted by Crippen LogP contribution is -2.09. The molecule has 106 valence electrons. The molecule has 1 unspecified atom stereocenters. The fraction of sp³-hybridized carbons (Fsp3) is 0.154. The molecule has 3 nitrogen and oxygen atoms in total. The Morgan fingerprint density at radius 1 is 1.20 bits per heavy atom. The molecular weight excluding hydrogens is 276 g/mol. The molecule has 0 aliphatic heterocycles. The normalized spacial score (nSPS) is 13.2. The van der Waals surface area contributed by atoms with Gasteiger partial charge in [0.25, 0.3) is 0 Å². The number of nitrogens with zero attached hydrogens (tertiary/aromatic N) is 1. The summed E-state index contributed by atoms with van der Waals surface area (Å²) in [6.45, 7) is 0. The Morgan fingerprint density at radius 2 is 1.90 bits per heavy atom. The Hall–Kier alpha value is -2.15. The maximum atomic E-state index is 13.3. The third-order valence-corrected chi connectivity index (χ3v) is 2.74. The third-order valence-electron chi connectivity index (χ3n) is 2.74. The van der Waals surface area contributed by atoms with Crippen LogP contribution in [-0.2, 0) is 6.18 Å². The molecule has 0 saturated carbocycles. The van der Waals surface area contributed by atoms with Crippen molar-refractivity contribution < 1.29 is 22.7 Å². The fourth-order valence-corrected chi connectivity index (χ4v) is 1.76. The van der Waals surface area contributed by atoms with E-state index in [9.17, 15) is 22.7 Å². The second-order valence-corrected chi connectivity index (χ2v) is 4.18.